The van der Waals surface area contributed by atoms with Crippen LogP contribution in [0.1, 0.15) is 37.7 Å². The van der Waals surface area contributed by atoms with Gasteiger partial charge in [0.1, 0.15) is 0 Å². The molecule has 24 heavy (non-hydrogen) atoms. The van der Waals surface area contributed by atoms with Crippen LogP contribution in [0, 0.1) is 5.92 Å². The van der Waals surface area contributed by atoms with E-state index < -0.39 is 0 Å². The number of hydrogen-bond acceptors (Lipinski definition) is 2. The van der Waals surface area contributed by atoms with Gasteiger partial charge in [0.2, 0.25) is 11.8 Å². The number of hydrogen-bond donors (Lipinski definition) is 1. The Hall–Kier alpha value is -2.10. The second-order valence-electron chi connectivity index (χ2n) is 6.85. The summed E-state index contributed by atoms with van der Waals surface area (Å²) in [5, 5.41) is 3.10. The van der Waals surface area contributed by atoms with Gasteiger partial charge in [0.05, 0.1) is 0 Å². The summed E-state index contributed by atoms with van der Waals surface area (Å²) in [4.78, 5) is 26.3. The van der Waals surface area contributed by atoms with E-state index in [4.69, 9.17) is 0 Å². The summed E-state index contributed by atoms with van der Waals surface area (Å²) in [6, 6.07) is 10.2. The van der Waals surface area contributed by atoms with Crippen molar-refractivity contribution in [2.24, 2.45) is 5.92 Å². The van der Waals surface area contributed by atoms with Crippen LogP contribution in [0.15, 0.2) is 42.5 Å². The molecule has 128 valence electrons. The van der Waals surface area contributed by atoms with Gasteiger partial charge in [0, 0.05) is 32.0 Å². The third kappa shape index (κ3) is 4.70. The predicted octanol–water partition coefficient (Wildman–Crippen LogP) is 2.69. The lowest BCUT2D eigenvalue weighted by atomic mass is 10.0. The second-order valence-corrected chi connectivity index (χ2v) is 6.85. The number of benzene rings is 1. The highest BCUT2D eigenvalue weighted by Crippen LogP contribution is 2.20. The van der Waals surface area contributed by atoms with Crippen LogP contribution in [-0.2, 0) is 16.0 Å². The molecule has 0 bridgehead atoms. The lowest BCUT2D eigenvalue weighted by Crippen LogP contribution is -2.39. The Morgan fingerprint density at radius 2 is 2.00 bits per heavy atom. The van der Waals surface area contributed by atoms with Crippen LogP contribution in [0.5, 0.6) is 0 Å². The zero-order valence-corrected chi connectivity index (χ0v) is 14.1. The van der Waals surface area contributed by atoms with Crippen molar-refractivity contribution in [3.8, 4) is 0 Å². The molecule has 1 aromatic rings. The first-order chi connectivity index (χ1) is 11.7. The Morgan fingerprint density at radius 1 is 1.17 bits per heavy atom. The number of nitrogens with zero attached hydrogens (tertiary/aromatic N) is 1. The number of aryl methyl sites for hydroxylation is 1. The lowest BCUT2D eigenvalue weighted by Gasteiger charge is -2.18. The molecular weight excluding hydrogens is 300 g/mol. The summed E-state index contributed by atoms with van der Waals surface area (Å²) >= 11 is 0. The summed E-state index contributed by atoms with van der Waals surface area (Å²) in [5.74, 6) is 0.708. The minimum atomic E-state index is 0.114. The normalized spacial score (nSPS) is 22.8. The van der Waals surface area contributed by atoms with Gasteiger partial charge in [0.15, 0.2) is 0 Å². The van der Waals surface area contributed by atoms with Gasteiger partial charge in [-0.3, -0.25) is 9.59 Å². The first-order valence-corrected chi connectivity index (χ1v) is 8.98. The topological polar surface area (TPSA) is 49.4 Å². The molecule has 0 aromatic heterocycles. The van der Waals surface area contributed by atoms with Crippen LogP contribution in [0.4, 0.5) is 0 Å². The molecule has 4 nitrogen and oxygen atoms in total. The summed E-state index contributed by atoms with van der Waals surface area (Å²) in [7, 11) is 0. The van der Waals surface area contributed by atoms with E-state index in [-0.39, 0.29) is 17.9 Å². The third-order valence-corrected chi connectivity index (χ3v) is 4.94. The van der Waals surface area contributed by atoms with Crippen molar-refractivity contribution in [3.63, 3.8) is 0 Å². The van der Waals surface area contributed by atoms with Crippen molar-refractivity contribution in [2.75, 3.05) is 13.1 Å². The first kappa shape index (κ1) is 16.7. The average Bonchev–Trinajstić information content (AvgIpc) is 3.25. The van der Waals surface area contributed by atoms with Crippen molar-refractivity contribution in [2.45, 2.75) is 44.6 Å². The quantitative estimate of drug-likeness (QED) is 0.817. The van der Waals surface area contributed by atoms with E-state index in [1.54, 1.807) is 0 Å². The lowest BCUT2D eigenvalue weighted by molar-refractivity contribution is -0.130. The van der Waals surface area contributed by atoms with Gasteiger partial charge in [-0.1, -0.05) is 42.5 Å². The van der Waals surface area contributed by atoms with Crippen LogP contribution >= 0.6 is 0 Å². The smallest absolute Gasteiger partial charge is 0.222 e. The Kier molecular flexibility index (Phi) is 5.68. The molecule has 2 aliphatic rings. The van der Waals surface area contributed by atoms with Gasteiger partial charge in [-0.2, -0.15) is 0 Å². The molecule has 1 N–H and O–H groups in total. The molecule has 1 aliphatic heterocycles. The molecular formula is C20H26N2O2. The van der Waals surface area contributed by atoms with Crippen LogP contribution in [0.25, 0.3) is 0 Å². The predicted molar refractivity (Wildman–Crippen MR) is 94.4 cm³/mol. The van der Waals surface area contributed by atoms with Crippen molar-refractivity contribution in [3.05, 3.63) is 48.0 Å². The molecule has 2 amide bonds. The van der Waals surface area contributed by atoms with E-state index in [2.05, 4.69) is 29.6 Å². The summed E-state index contributed by atoms with van der Waals surface area (Å²) in [6.45, 7) is 1.40. The maximum absolute atomic E-state index is 12.3. The minimum absolute atomic E-state index is 0.114. The molecule has 0 radical (unpaired) electrons. The molecule has 1 heterocycles. The van der Waals surface area contributed by atoms with Crippen molar-refractivity contribution in [1.82, 2.24) is 10.2 Å². The van der Waals surface area contributed by atoms with Gasteiger partial charge in [-0.05, 0) is 37.2 Å². The standard InChI is InChI=1S/C20H26N2O2/c23-19(14-17-8-4-5-9-17)21-18-12-13-22(15-18)20(24)11-10-16-6-2-1-3-7-16/h1-4,6-8,17-18H,5,9-15H2,(H,21,23). The number of carbonyl (C=O) groups is 2. The van der Waals surface area contributed by atoms with Gasteiger partial charge in [-0.25, -0.2) is 0 Å². The molecule has 1 saturated heterocycles. The largest absolute Gasteiger partial charge is 0.352 e. The molecule has 4 heteroatoms. The van der Waals surface area contributed by atoms with Gasteiger partial charge < -0.3 is 10.2 Å². The van der Waals surface area contributed by atoms with Crippen molar-refractivity contribution >= 4 is 11.8 Å². The molecule has 2 atom stereocenters. The molecule has 0 spiro atoms. The van der Waals surface area contributed by atoms with Crippen LogP contribution < -0.4 is 5.32 Å². The maximum atomic E-state index is 12.3. The zero-order valence-electron chi connectivity index (χ0n) is 14.1. The summed E-state index contributed by atoms with van der Waals surface area (Å²) < 4.78 is 0. The van der Waals surface area contributed by atoms with E-state index in [9.17, 15) is 9.59 Å². The van der Waals surface area contributed by atoms with E-state index in [1.807, 2.05) is 23.1 Å². The Balaban J connectivity index is 1.38. The molecule has 2 unspecified atom stereocenters. The number of nitrogens with one attached hydrogen (secondary N) is 1. The fourth-order valence-electron chi connectivity index (χ4n) is 3.55. The van der Waals surface area contributed by atoms with Crippen LogP contribution in [-0.4, -0.2) is 35.8 Å². The van der Waals surface area contributed by atoms with Crippen LogP contribution in [0.2, 0.25) is 0 Å². The van der Waals surface area contributed by atoms with Gasteiger partial charge in [-0.15, -0.1) is 0 Å². The van der Waals surface area contributed by atoms with Crippen molar-refractivity contribution in [1.29, 1.82) is 0 Å². The number of allylic oxidation sites excluding steroid dienone is 2. The highest BCUT2D eigenvalue weighted by atomic mass is 16.2. The first-order valence-electron chi connectivity index (χ1n) is 8.98. The minimum Gasteiger partial charge on any atom is -0.352 e. The van der Waals surface area contributed by atoms with Gasteiger partial charge >= 0.3 is 0 Å². The molecule has 0 saturated carbocycles. The Bertz CT molecular complexity index is 597. The second kappa shape index (κ2) is 8.13. The monoisotopic (exact) mass is 326 g/mol. The maximum Gasteiger partial charge on any atom is 0.222 e. The van der Waals surface area contributed by atoms with E-state index >= 15 is 0 Å². The fourth-order valence-corrected chi connectivity index (χ4v) is 3.55. The van der Waals surface area contributed by atoms with Crippen molar-refractivity contribution < 1.29 is 9.59 Å². The zero-order chi connectivity index (χ0) is 16.8. The Labute approximate surface area is 143 Å². The molecule has 1 fully saturated rings. The van der Waals surface area contributed by atoms with E-state index in [0.29, 0.717) is 25.3 Å². The van der Waals surface area contributed by atoms with E-state index in [1.165, 1.54) is 5.56 Å². The number of amides is 2. The number of rotatable bonds is 6. The number of likely N-dealkylation sites (tertiary alicyclic amines) is 1. The molecule has 1 aliphatic carbocycles. The fraction of sp³-hybridized carbons (Fsp3) is 0.500. The van der Waals surface area contributed by atoms with E-state index in [0.717, 1.165) is 32.2 Å². The highest BCUT2D eigenvalue weighted by Gasteiger charge is 2.27. The summed E-state index contributed by atoms with van der Waals surface area (Å²) in [5.41, 5.74) is 1.19. The molecule has 1 aromatic carbocycles. The van der Waals surface area contributed by atoms with Crippen LogP contribution in [0.3, 0.4) is 0 Å². The third-order valence-electron chi connectivity index (χ3n) is 4.94. The average molecular weight is 326 g/mol. The van der Waals surface area contributed by atoms with Gasteiger partial charge in [0.25, 0.3) is 0 Å². The summed E-state index contributed by atoms with van der Waals surface area (Å²) in [6.07, 6.45) is 9.23. The molecule has 3 rings (SSSR count). The Morgan fingerprint density at radius 3 is 2.75 bits per heavy atom. The number of carbonyl (C=O) groups excluding carboxylic acids is 2. The SMILES string of the molecule is O=C(CC1C=CCC1)NC1CCN(C(=O)CCc2ccccc2)C1. The highest BCUT2D eigenvalue weighted by molar-refractivity contribution is 5.78.